The summed E-state index contributed by atoms with van der Waals surface area (Å²) in [5.41, 5.74) is 7.48. The van der Waals surface area contributed by atoms with Crippen LogP contribution in [-0.2, 0) is 9.47 Å². The Morgan fingerprint density at radius 2 is 1.04 bits per heavy atom. The Labute approximate surface area is 142 Å². The van der Waals surface area contributed by atoms with Crippen LogP contribution >= 0.6 is 0 Å². The Balaban J connectivity index is 1.77. The number of ether oxygens (including phenoxy) is 2. The molecular weight excluding hydrogens is 296 g/mol. The van der Waals surface area contributed by atoms with Crippen molar-refractivity contribution in [3.63, 3.8) is 0 Å². The minimum absolute atomic E-state index is 0.653. The largest absolute Gasteiger partial charge is 0.372 e. The van der Waals surface area contributed by atoms with E-state index in [0.717, 1.165) is 0 Å². The Morgan fingerprint density at radius 3 is 1.50 bits per heavy atom. The summed E-state index contributed by atoms with van der Waals surface area (Å²) in [6, 6.07) is 20.9. The van der Waals surface area contributed by atoms with Crippen LogP contribution in [-0.4, -0.2) is 26.4 Å². The summed E-state index contributed by atoms with van der Waals surface area (Å²) in [7, 11) is 0. The molecule has 120 valence electrons. The molecule has 0 spiro atoms. The molecule has 2 heteroatoms. The lowest BCUT2D eigenvalue weighted by Gasteiger charge is -2.29. The van der Waals surface area contributed by atoms with Gasteiger partial charge in [-0.2, -0.15) is 0 Å². The summed E-state index contributed by atoms with van der Waals surface area (Å²) in [5.74, 6) is 0. The molecule has 0 aromatic heterocycles. The van der Waals surface area contributed by atoms with Gasteiger partial charge in [-0.25, -0.2) is 0 Å². The Hall–Kier alpha value is -2.42. The molecule has 0 aliphatic carbocycles. The van der Waals surface area contributed by atoms with Crippen LogP contribution < -0.4 is 0 Å². The predicted octanol–water partition coefficient (Wildman–Crippen LogP) is 4.51. The third kappa shape index (κ3) is 3.25. The van der Waals surface area contributed by atoms with E-state index in [2.05, 4.69) is 60.7 Å². The topological polar surface area (TPSA) is 18.5 Å². The van der Waals surface area contributed by atoms with Crippen molar-refractivity contribution in [1.29, 1.82) is 0 Å². The van der Waals surface area contributed by atoms with Crippen molar-refractivity contribution in [2.24, 2.45) is 0 Å². The molecule has 2 aliphatic rings. The first-order valence-electron chi connectivity index (χ1n) is 8.29. The molecule has 2 nitrogen and oxygen atoms in total. The first-order valence-corrected chi connectivity index (χ1v) is 8.29. The van der Waals surface area contributed by atoms with E-state index in [1.165, 1.54) is 33.4 Å². The molecule has 2 heterocycles. The van der Waals surface area contributed by atoms with Gasteiger partial charge >= 0.3 is 0 Å². The summed E-state index contributed by atoms with van der Waals surface area (Å²) in [6.45, 7) is 2.63. The second-order valence-electron chi connectivity index (χ2n) is 6.12. The van der Waals surface area contributed by atoms with Gasteiger partial charge in [0, 0.05) is 0 Å². The van der Waals surface area contributed by atoms with Crippen LogP contribution in [0.4, 0.5) is 0 Å². The van der Waals surface area contributed by atoms with E-state index in [1.807, 2.05) is 12.1 Å². The number of rotatable bonds is 2. The number of hydrogen-bond acceptors (Lipinski definition) is 2. The lowest BCUT2D eigenvalue weighted by molar-refractivity contribution is 0.122. The molecule has 0 saturated heterocycles. The van der Waals surface area contributed by atoms with Gasteiger partial charge in [0.05, 0.1) is 26.4 Å². The highest BCUT2D eigenvalue weighted by Crippen LogP contribution is 2.33. The molecule has 2 aliphatic heterocycles. The molecule has 0 atom stereocenters. The summed E-state index contributed by atoms with van der Waals surface area (Å²) in [4.78, 5) is 0. The Bertz CT molecular complexity index is 731. The van der Waals surface area contributed by atoms with E-state index in [0.29, 0.717) is 26.4 Å². The van der Waals surface area contributed by atoms with Crippen molar-refractivity contribution in [2.45, 2.75) is 0 Å². The van der Waals surface area contributed by atoms with Gasteiger partial charge in [-0.15, -0.1) is 0 Å². The fraction of sp³-hybridized carbons (Fsp3) is 0.182. The first-order chi connectivity index (χ1) is 11.9. The van der Waals surface area contributed by atoms with Crippen molar-refractivity contribution in [3.05, 3.63) is 94.1 Å². The van der Waals surface area contributed by atoms with Crippen LogP contribution in [0.1, 0.15) is 11.1 Å². The van der Waals surface area contributed by atoms with Crippen LogP contribution in [0.25, 0.3) is 12.2 Å². The van der Waals surface area contributed by atoms with Crippen LogP contribution in [0, 0.1) is 0 Å². The first kappa shape index (κ1) is 15.1. The highest BCUT2D eigenvalue weighted by molar-refractivity contribution is 5.71. The lowest BCUT2D eigenvalue weighted by atomic mass is 9.88. The predicted molar refractivity (Wildman–Crippen MR) is 97.5 cm³/mol. The maximum absolute atomic E-state index is 5.79. The molecular formula is C22H20O2. The van der Waals surface area contributed by atoms with Crippen molar-refractivity contribution >= 4 is 12.2 Å². The van der Waals surface area contributed by atoms with Gasteiger partial charge in [0.2, 0.25) is 0 Å². The third-order valence-corrected chi connectivity index (χ3v) is 4.34. The normalized spacial score (nSPS) is 21.2. The smallest absolute Gasteiger partial charge is 0.0727 e. The van der Waals surface area contributed by atoms with Gasteiger partial charge in [-0.1, -0.05) is 60.7 Å². The van der Waals surface area contributed by atoms with E-state index in [1.54, 1.807) is 0 Å². The average Bonchev–Trinajstić information content (AvgIpc) is 2.64. The minimum Gasteiger partial charge on any atom is -0.372 e. The Morgan fingerprint density at radius 1 is 0.583 bits per heavy atom. The summed E-state index contributed by atoms with van der Waals surface area (Å²) in [5, 5.41) is 0. The van der Waals surface area contributed by atoms with Gasteiger partial charge in [0.1, 0.15) is 0 Å². The highest BCUT2D eigenvalue weighted by Gasteiger charge is 2.25. The van der Waals surface area contributed by atoms with Crippen molar-refractivity contribution in [1.82, 2.24) is 0 Å². The molecule has 0 amide bonds. The summed E-state index contributed by atoms with van der Waals surface area (Å²) >= 11 is 0. The van der Waals surface area contributed by atoms with Gasteiger partial charge in [-0.05, 0) is 45.6 Å². The van der Waals surface area contributed by atoms with Crippen LogP contribution in [0.2, 0.25) is 0 Å². The quantitative estimate of drug-likeness (QED) is 0.811. The van der Waals surface area contributed by atoms with E-state index in [4.69, 9.17) is 9.47 Å². The zero-order chi connectivity index (χ0) is 16.2. The maximum Gasteiger partial charge on any atom is 0.0727 e. The van der Waals surface area contributed by atoms with E-state index >= 15 is 0 Å². The SMILES string of the molecule is C(=C1\COCC2=C1/C(=C\c1ccccc1)COC2)/c1ccccc1. The van der Waals surface area contributed by atoms with Gasteiger partial charge in [0.15, 0.2) is 0 Å². The zero-order valence-corrected chi connectivity index (χ0v) is 13.6. The van der Waals surface area contributed by atoms with E-state index < -0.39 is 0 Å². The van der Waals surface area contributed by atoms with Crippen molar-refractivity contribution in [3.8, 4) is 0 Å². The van der Waals surface area contributed by atoms with E-state index in [-0.39, 0.29) is 0 Å². The molecule has 0 fully saturated rings. The van der Waals surface area contributed by atoms with E-state index in [9.17, 15) is 0 Å². The third-order valence-electron chi connectivity index (χ3n) is 4.34. The van der Waals surface area contributed by atoms with Crippen LogP contribution in [0.3, 0.4) is 0 Å². The highest BCUT2D eigenvalue weighted by atomic mass is 16.5. The molecule has 24 heavy (non-hydrogen) atoms. The Kier molecular flexibility index (Phi) is 4.41. The van der Waals surface area contributed by atoms with Crippen LogP contribution in [0.15, 0.2) is 83.0 Å². The van der Waals surface area contributed by atoms with Gasteiger partial charge in [-0.3, -0.25) is 0 Å². The molecule has 4 rings (SSSR count). The number of benzene rings is 2. The lowest BCUT2D eigenvalue weighted by Crippen LogP contribution is -2.24. The summed E-state index contributed by atoms with van der Waals surface area (Å²) < 4.78 is 11.6. The molecule has 2 aromatic rings. The van der Waals surface area contributed by atoms with Crippen molar-refractivity contribution < 1.29 is 9.47 Å². The molecule has 2 aromatic carbocycles. The summed E-state index contributed by atoms with van der Waals surface area (Å²) in [6.07, 6.45) is 4.47. The molecule has 0 radical (unpaired) electrons. The van der Waals surface area contributed by atoms with Gasteiger partial charge in [0.25, 0.3) is 0 Å². The second-order valence-corrected chi connectivity index (χ2v) is 6.12. The zero-order valence-electron chi connectivity index (χ0n) is 13.6. The van der Waals surface area contributed by atoms with Gasteiger partial charge < -0.3 is 9.47 Å². The molecule has 0 unspecified atom stereocenters. The minimum atomic E-state index is 0.653. The molecule has 0 saturated carbocycles. The fourth-order valence-electron chi connectivity index (χ4n) is 3.29. The number of hydrogen-bond donors (Lipinski definition) is 0. The van der Waals surface area contributed by atoms with Crippen LogP contribution in [0.5, 0.6) is 0 Å². The second kappa shape index (κ2) is 7.00. The maximum atomic E-state index is 5.79. The monoisotopic (exact) mass is 316 g/mol. The van der Waals surface area contributed by atoms with Crippen molar-refractivity contribution in [2.75, 3.05) is 26.4 Å². The average molecular weight is 316 g/mol. The fourth-order valence-corrected chi connectivity index (χ4v) is 3.29. The standard InChI is InChI=1S/C22H20O2/c1-3-7-17(8-4-1)11-19-13-23-15-21-16-24-14-20(22(19)21)12-18-9-5-2-6-10-18/h1-12H,13-16H2/b19-11-,20-12-. The molecule has 0 N–H and O–H groups in total. The molecule has 0 bridgehead atoms.